The molecule has 3 rings (SSSR count). The third-order valence-electron chi connectivity index (χ3n) is 4.43. The van der Waals surface area contributed by atoms with Gasteiger partial charge in [0.15, 0.2) is 5.69 Å². The molecule has 27 heavy (non-hydrogen) atoms. The Morgan fingerprint density at radius 2 is 1.96 bits per heavy atom. The van der Waals surface area contributed by atoms with Gasteiger partial charge in [0.05, 0.1) is 6.57 Å². The molecule has 1 heterocycles. The molecule has 0 amide bonds. The van der Waals surface area contributed by atoms with Crippen LogP contribution in [0.4, 0.5) is 5.69 Å². The predicted octanol–water partition coefficient (Wildman–Crippen LogP) is 6.00. The Labute approximate surface area is 163 Å². The normalized spacial score (nSPS) is 10.8. The fraction of sp³-hybridized carbons (Fsp3) is 0.273. The van der Waals surface area contributed by atoms with Gasteiger partial charge in [0.1, 0.15) is 16.3 Å². The molecule has 0 atom stereocenters. The van der Waals surface area contributed by atoms with Gasteiger partial charge in [-0.15, -0.1) is 10.2 Å². The molecule has 0 N–H and O–H groups in total. The number of aldehydes is 1. The van der Waals surface area contributed by atoms with Crippen LogP contribution in [0.3, 0.4) is 0 Å². The van der Waals surface area contributed by atoms with E-state index in [1.165, 1.54) is 11.3 Å². The van der Waals surface area contributed by atoms with Crippen molar-refractivity contribution in [1.29, 1.82) is 0 Å². The monoisotopic (exact) mass is 375 g/mol. The van der Waals surface area contributed by atoms with Crippen molar-refractivity contribution in [2.75, 3.05) is 0 Å². The molecular weight excluding hydrogens is 354 g/mol. The molecule has 0 spiro atoms. The van der Waals surface area contributed by atoms with Crippen LogP contribution in [-0.4, -0.2) is 16.5 Å². The molecule has 0 bridgehead atoms. The summed E-state index contributed by atoms with van der Waals surface area (Å²) in [7, 11) is 0. The molecule has 1 aromatic heterocycles. The molecule has 0 fully saturated rings. The number of hydrogen-bond acceptors (Lipinski definition) is 4. The minimum atomic E-state index is 0.502. The van der Waals surface area contributed by atoms with E-state index in [-0.39, 0.29) is 0 Å². The molecule has 2 aromatic carbocycles. The number of nitrogens with zero attached hydrogens (tertiary/aromatic N) is 3. The number of aromatic nitrogens is 2. The highest BCUT2D eigenvalue weighted by Crippen LogP contribution is 2.35. The number of carbonyl (C=O) groups is 1. The van der Waals surface area contributed by atoms with Gasteiger partial charge in [0, 0.05) is 16.7 Å². The standard InChI is InChI=1S/C22H21N3OS/c1-5-18-17(13-26)7-6-8-19(18)22-25-24-21(27-22)16-10-9-15(11-14(2)3)20(12-16)23-4/h6-10,12-14H,5,11H2,1-3H3. The van der Waals surface area contributed by atoms with Crippen LogP contribution in [0.2, 0.25) is 0 Å². The quantitative estimate of drug-likeness (QED) is 0.392. The fourth-order valence-electron chi connectivity index (χ4n) is 3.17. The van der Waals surface area contributed by atoms with Gasteiger partial charge >= 0.3 is 0 Å². The van der Waals surface area contributed by atoms with Crippen LogP contribution < -0.4 is 0 Å². The van der Waals surface area contributed by atoms with Gasteiger partial charge in [-0.3, -0.25) is 4.79 Å². The largest absolute Gasteiger partial charge is 0.298 e. The first-order valence-electron chi connectivity index (χ1n) is 8.99. The van der Waals surface area contributed by atoms with E-state index in [9.17, 15) is 4.79 Å². The SMILES string of the molecule is [C-]#[N+]c1cc(-c2nnc(-c3cccc(C=O)c3CC)s2)ccc1CC(C)C. The van der Waals surface area contributed by atoms with Crippen molar-refractivity contribution in [3.05, 3.63) is 64.5 Å². The van der Waals surface area contributed by atoms with E-state index in [2.05, 4.69) is 28.9 Å². The van der Waals surface area contributed by atoms with E-state index in [0.717, 1.165) is 51.4 Å². The number of hydrogen-bond donors (Lipinski definition) is 0. The van der Waals surface area contributed by atoms with E-state index in [4.69, 9.17) is 6.57 Å². The molecule has 0 aliphatic carbocycles. The van der Waals surface area contributed by atoms with Crippen LogP contribution in [0.15, 0.2) is 36.4 Å². The Balaban J connectivity index is 2.00. The number of benzene rings is 2. The van der Waals surface area contributed by atoms with Gasteiger partial charge < -0.3 is 0 Å². The van der Waals surface area contributed by atoms with Crippen LogP contribution in [0.1, 0.15) is 42.3 Å². The highest BCUT2D eigenvalue weighted by atomic mass is 32.1. The molecule has 0 radical (unpaired) electrons. The topological polar surface area (TPSA) is 47.2 Å². The Morgan fingerprint density at radius 1 is 1.19 bits per heavy atom. The Bertz CT molecular complexity index is 1010. The Hall–Kier alpha value is -2.84. The average Bonchev–Trinajstić information content (AvgIpc) is 3.17. The Morgan fingerprint density at radius 3 is 2.63 bits per heavy atom. The molecule has 0 saturated carbocycles. The average molecular weight is 375 g/mol. The van der Waals surface area contributed by atoms with Gasteiger partial charge in [-0.2, -0.15) is 0 Å². The summed E-state index contributed by atoms with van der Waals surface area (Å²) in [5.41, 5.74) is 5.29. The second-order valence-electron chi connectivity index (χ2n) is 6.81. The third-order valence-corrected chi connectivity index (χ3v) is 5.43. The summed E-state index contributed by atoms with van der Waals surface area (Å²) < 4.78 is 0. The summed E-state index contributed by atoms with van der Waals surface area (Å²) in [5.74, 6) is 0.502. The lowest BCUT2D eigenvalue weighted by molar-refractivity contribution is 0.112. The number of carbonyl (C=O) groups excluding carboxylic acids is 1. The first-order valence-corrected chi connectivity index (χ1v) is 9.80. The van der Waals surface area contributed by atoms with Crippen molar-refractivity contribution in [1.82, 2.24) is 10.2 Å². The van der Waals surface area contributed by atoms with Crippen LogP contribution >= 0.6 is 11.3 Å². The zero-order valence-corrected chi connectivity index (χ0v) is 16.5. The van der Waals surface area contributed by atoms with Crippen LogP contribution in [0.25, 0.3) is 26.0 Å². The van der Waals surface area contributed by atoms with Gasteiger partial charge in [0.25, 0.3) is 0 Å². The molecule has 0 unspecified atom stereocenters. The number of rotatable bonds is 6. The second kappa shape index (κ2) is 8.24. The van der Waals surface area contributed by atoms with Crippen LogP contribution in [0, 0.1) is 12.5 Å². The molecule has 4 nitrogen and oxygen atoms in total. The zero-order chi connectivity index (χ0) is 19.4. The van der Waals surface area contributed by atoms with Gasteiger partial charge in [-0.05, 0) is 36.0 Å². The fourth-order valence-corrected chi connectivity index (χ4v) is 4.06. The summed E-state index contributed by atoms with van der Waals surface area (Å²) in [4.78, 5) is 15.0. The lowest BCUT2D eigenvalue weighted by Crippen LogP contribution is -1.94. The van der Waals surface area contributed by atoms with E-state index in [0.29, 0.717) is 17.2 Å². The third kappa shape index (κ3) is 3.96. The predicted molar refractivity (Wildman–Crippen MR) is 110 cm³/mol. The van der Waals surface area contributed by atoms with E-state index in [1.807, 2.05) is 43.3 Å². The van der Waals surface area contributed by atoms with Crippen molar-refractivity contribution in [2.24, 2.45) is 5.92 Å². The van der Waals surface area contributed by atoms with Crippen molar-refractivity contribution < 1.29 is 4.79 Å². The lowest BCUT2D eigenvalue weighted by Gasteiger charge is -2.08. The summed E-state index contributed by atoms with van der Waals surface area (Å²) in [6.45, 7) is 13.8. The van der Waals surface area contributed by atoms with Gasteiger partial charge in [0.2, 0.25) is 0 Å². The molecular formula is C22H21N3OS. The Kier molecular flexibility index (Phi) is 5.78. The van der Waals surface area contributed by atoms with Crippen molar-refractivity contribution in [3.63, 3.8) is 0 Å². The molecule has 0 aliphatic rings. The zero-order valence-electron chi connectivity index (χ0n) is 15.7. The maximum absolute atomic E-state index is 11.3. The minimum absolute atomic E-state index is 0.502. The first kappa shape index (κ1) is 18.9. The highest BCUT2D eigenvalue weighted by Gasteiger charge is 2.15. The van der Waals surface area contributed by atoms with Crippen molar-refractivity contribution in [2.45, 2.75) is 33.6 Å². The summed E-state index contributed by atoms with van der Waals surface area (Å²) in [6.07, 6.45) is 2.53. The van der Waals surface area contributed by atoms with Crippen LogP contribution in [-0.2, 0) is 12.8 Å². The van der Waals surface area contributed by atoms with E-state index in [1.54, 1.807) is 0 Å². The molecule has 0 saturated heterocycles. The summed E-state index contributed by atoms with van der Waals surface area (Å²) in [5, 5.41) is 10.3. The molecule has 0 aliphatic heterocycles. The summed E-state index contributed by atoms with van der Waals surface area (Å²) in [6, 6.07) is 11.6. The summed E-state index contributed by atoms with van der Waals surface area (Å²) >= 11 is 1.49. The molecule has 3 aromatic rings. The smallest absolute Gasteiger partial charge is 0.191 e. The maximum Gasteiger partial charge on any atom is 0.191 e. The first-order chi connectivity index (χ1) is 13.1. The van der Waals surface area contributed by atoms with Gasteiger partial charge in [-0.25, -0.2) is 4.85 Å². The second-order valence-corrected chi connectivity index (χ2v) is 7.79. The van der Waals surface area contributed by atoms with Crippen LogP contribution in [0.5, 0.6) is 0 Å². The van der Waals surface area contributed by atoms with Crippen molar-refractivity contribution >= 4 is 23.3 Å². The van der Waals surface area contributed by atoms with Crippen molar-refractivity contribution in [3.8, 4) is 21.1 Å². The van der Waals surface area contributed by atoms with Gasteiger partial charge in [-0.1, -0.05) is 62.4 Å². The minimum Gasteiger partial charge on any atom is -0.298 e. The molecule has 5 heteroatoms. The highest BCUT2D eigenvalue weighted by molar-refractivity contribution is 7.17. The lowest BCUT2D eigenvalue weighted by atomic mass is 10.00. The molecule has 136 valence electrons. The van der Waals surface area contributed by atoms with E-state index >= 15 is 0 Å². The maximum atomic E-state index is 11.3. The van der Waals surface area contributed by atoms with E-state index < -0.39 is 0 Å².